The molecule has 0 aromatic carbocycles. The molecule has 0 aliphatic heterocycles. The van der Waals surface area contributed by atoms with E-state index < -0.39 is 0 Å². The Morgan fingerprint density at radius 2 is 2.28 bits per heavy atom. The van der Waals surface area contributed by atoms with E-state index in [1.54, 1.807) is 0 Å². The third-order valence-corrected chi connectivity index (χ3v) is 2.31. The Morgan fingerprint density at radius 1 is 1.56 bits per heavy atom. The second-order valence-electron chi connectivity index (χ2n) is 4.10. The Morgan fingerprint density at radius 3 is 2.89 bits per heavy atom. The molecular weight excluding hydrogens is 256 g/mol. The topological polar surface area (TPSA) is 76.1 Å². The van der Waals surface area contributed by atoms with E-state index in [1.807, 2.05) is 13.8 Å². The molecule has 1 amide bonds. The molecule has 1 heterocycles. The van der Waals surface area contributed by atoms with Gasteiger partial charge in [-0.05, 0) is 5.92 Å². The number of rotatable bonds is 6. The SMILES string of the molecule is COc1ncc(Cl)c(NCC(=O)NCC(C)C)n1. The van der Waals surface area contributed by atoms with Crippen LogP contribution in [0.2, 0.25) is 5.02 Å². The van der Waals surface area contributed by atoms with E-state index in [4.69, 9.17) is 16.3 Å². The molecule has 0 fully saturated rings. The quantitative estimate of drug-likeness (QED) is 0.817. The lowest BCUT2D eigenvalue weighted by atomic mass is 10.2. The summed E-state index contributed by atoms with van der Waals surface area (Å²) in [4.78, 5) is 19.3. The Kier molecular flexibility index (Phi) is 5.64. The Balaban J connectivity index is 2.50. The molecule has 0 unspecified atom stereocenters. The summed E-state index contributed by atoms with van der Waals surface area (Å²) < 4.78 is 4.87. The highest BCUT2D eigenvalue weighted by molar-refractivity contribution is 6.32. The Hall–Kier alpha value is -1.56. The molecule has 0 aliphatic carbocycles. The van der Waals surface area contributed by atoms with Crippen molar-refractivity contribution >= 4 is 23.3 Å². The zero-order valence-electron chi connectivity index (χ0n) is 10.7. The minimum Gasteiger partial charge on any atom is -0.467 e. The van der Waals surface area contributed by atoms with Crippen LogP contribution in [0.4, 0.5) is 5.82 Å². The number of halogens is 1. The molecule has 6 nitrogen and oxygen atoms in total. The van der Waals surface area contributed by atoms with Crippen molar-refractivity contribution < 1.29 is 9.53 Å². The number of hydrogen-bond donors (Lipinski definition) is 2. The van der Waals surface area contributed by atoms with Crippen LogP contribution in [-0.2, 0) is 4.79 Å². The molecule has 18 heavy (non-hydrogen) atoms. The fourth-order valence-electron chi connectivity index (χ4n) is 1.12. The van der Waals surface area contributed by atoms with Gasteiger partial charge in [0.1, 0.15) is 5.02 Å². The molecule has 0 radical (unpaired) electrons. The van der Waals surface area contributed by atoms with E-state index in [0.29, 0.717) is 23.3 Å². The van der Waals surface area contributed by atoms with E-state index in [1.165, 1.54) is 13.3 Å². The van der Waals surface area contributed by atoms with Gasteiger partial charge in [0.15, 0.2) is 5.82 Å². The summed E-state index contributed by atoms with van der Waals surface area (Å²) in [6.45, 7) is 4.80. The third kappa shape index (κ3) is 4.75. The van der Waals surface area contributed by atoms with Crippen molar-refractivity contribution in [3.63, 3.8) is 0 Å². The van der Waals surface area contributed by atoms with Crippen molar-refractivity contribution in [3.8, 4) is 6.01 Å². The normalized spacial score (nSPS) is 10.3. The lowest BCUT2D eigenvalue weighted by Crippen LogP contribution is -2.32. The van der Waals surface area contributed by atoms with Crippen LogP contribution in [0.15, 0.2) is 6.20 Å². The number of aromatic nitrogens is 2. The van der Waals surface area contributed by atoms with Gasteiger partial charge in [0.25, 0.3) is 0 Å². The highest BCUT2D eigenvalue weighted by Crippen LogP contribution is 2.19. The van der Waals surface area contributed by atoms with E-state index in [0.717, 1.165) is 0 Å². The molecule has 0 saturated carbocycles. The first-order valence-electron chi connectivity index (χ1n) is 5.60. The Labute approximate surface area is 111 Å². The minimum absolute atomic E-state index is 0.104. The zero-order chi connectivity index (χ0) is 13.5. The van der Waals surface area contributed by atoms with E-state index >= 15 is 0 Å². The number of methoxy groups -OCH3 is 1. The number of carbonyl (C=O) groups excluding carboxylic acids is 1. The number of anilines is 1. The van der Waals surface area contributed by atoms with Crippen molar-refractivity contribution in [2.24, 2.45) is 5.92 Å². The summed E-state index contributed by atoms with van der Waals surface area (Å²) in [7, 11) is 1.46. The molecular formula is C11H17ClN4O2. The van der Waals surface area contributed by atoms with Crippen molar-refractivity contribution in [2.45, 2.75) is 13.8 Å². The summed E-state index contributed by atoms with van der Waals surface area (Å²) in [5.74, 6) is 0.678. The van der Waals surface area contributed by atoms with Crippen LogP contribution >= 0.6 is 11.6 Å². The number of nitrogens with one attached hydrogen (secondary N) is 2. The second-order valence-corrected chi connectivity index (χ2v) is 4.51. The van der Waals surface area contributed by atoms with Crippen molar-refractivity contribution in [1.29, 1.82) is 0 Å². The monoisotopic (exact) mass is 272 g/mol. The number of nitrogens with zero attached hydrogens (tertiary/aromatic N) is 2. The molecule has 0 spiro atoms. The molecule has 7 heteroatoms. The minimum atomic E-state index is -0.114. The molecule has 0 aliphatic rings. The lowest BCUT2D eigenvalue weighted by Gasteiger charge is -2.10. The summed E-state index contributed by atoms with van der Waals surface area (Å²) in [5.41, 5.74) is 0. The van der Waals surface area contributed by atoms with Crippen LogP contribution in [-0.4, -0.2) is 36.1 Å². The van der Waals surface area contributed by atoms with Gasteiger partial charge in [0, 0.05) is 6.54 Å². The van der Waals surface area contributed by atoms with Crippen LogP contribution < -0.4 is 15.4 Å². The van der Waals surface area contributed by atoms with Crippen LogP contribution in [0.1, 0.15) is 13.8 Å². The zero-order valence-corrected chi connectivity index (χ0v) is 11.4. The van der Waals surface area contributed by atoms with Gasteiger partial charge in [-0.25, -0.2) is 4.98 Å². The molecule has 0 bridgehead atoms. The van der Waals surface area contributed by atoms with Crippen molar-refractivity contribution in [3.05, 3.63) is 11.2 Å². The van der Waals surface area contributed by atoms with Gasteiger partial charge in [0.05, 0.1) is 19.9 Å². The van der Waals surface area contributed by atoms with Gasteiger partial charge in [-0.1, -0.05) is 25.4 Å². The molecule has 0 atom stereocenters. The van der Waals surface area contributed by atoms with E-state index in [-0.39, 0.29) is 18.5 Å². The fraction of sp³-hybridized carbons (Fsp3) is 0.545. The van der Waals surface area contributed by atoms with Gasteiger partial charge in [-0.15, -0.1) is 0 Å². The molecule has 1 rings (SSSR count). The largest absolute Gasteiger partial charge is 0.467 e. The van der Waals surface area contributed by atoms with Crippen LogP contribution in [0, 0.1) is 5.92 Å². The van der Waals surface area contributed by atoms with Gasteiger partial charge in [-0.3, -0.25) is 4.79 Å². The second kappa shape index (κ2) is 7.00. The number of ether oxygens (including phenoxy) is 1. The summed E-state index contributed by atoms with van der Waals surface area (Å²) in [6, 6.07) is 0.199. The van der Waals surface area contributed by atoms with Crippen molar-refractivity contribution in [2.75, 3.05) is 25.5 Å². The predicted molar refractivity (Wildman–Crippen MR) is 69.9 cm³/mol. The van der Waals surface area contributed by atoms with E-state index in [2.05, 4.69) is 20.6 Å². The first-order valence-corrected chi connectivity index (χ1v) is 5.97. The van der Waals surface area contributed by atoms with Crippen LogP contribution in [0.25, 0.3) is 0 Å². The highest BCUT2D eigenvalue weighted by atomic mass is 35.5. The molecule has 1 aromatic rings. The Bertz CT molecular complexity index is 412. The predicted octanol–water partition coefficient (Wildman–Crippen LogP) is 1.32. The van der Waals surface area contributed by atoms with Gasteiger partial charge in [0.2, 0.25) is 5.91 Å². The summed E-state index contributed by atoms with van der Waals surface area (Å²) in [5, 5.41) is 5.96. The van der Waals surface area contributed by atoms with Crippen LogP contribution in [0.3, 0.4) is 0 Å². The first kappa shape index (κ1) is 14.5. The number of carbonyl (C=O) groups is 1. The lowest BCUT2D eigenvalue weighted by molar-refractivity contribution is -0.119. The van der Waals surface area contributed by atoms with Crippen molar-refractivity contribution in [1.82, 2.24) is 15.3 Å². The summed E-state index contributed by atoms with van der Waals surface area (Å²) in [6.07, 6.45) is 1.42. The van der Waals surface area contributed by atoms with E-state index in [9.17, 15) is 4.79 Å². The maximum atomic E-state index is 11.5. The maximum absolute atomic E-state index is 11.5. The first-order chi connectivity index (χ1) is 8.52. The molecule has 0 saturated heterocycles. The third-order valence-electron chi connectivity index (χ3n) is 2.03. The average molecular weight is 273 g/mol. The average Bonchev–Trinajstić information content (AvgIpc) is 2.35. The maximum Gasteiger partial charge on any atom is 0.318 e. The molecule has 2 N–H and O–H groups in total. The smallest absolute Gasteiger partial charge is 0.318 e. The molecule has 100 valence electrons. The highest BCUT2D eigenvalue weighted by Gasteiger charge is 2.07. The molecule has 1 aromatic heterocycles. The fourth-order valence-corrected chi connectivity index (χ4v) is 1.28. The summed E-state index contributed by atoms with van der Waals surface area (Å²) >= 11 is 5.89. The van der Waals surface area contributed by atoms with Crippen LogP contribution in [0.5, 0.6) is 6.01 Å². The number of amides is 1. The van der Waals surface area contributed by atoms with Gasteiger partial charge in [-0.2, -0.15) is 4.98 Å². The van der Waals surface area contributed by atoms with Gasteiger partial charge < -0.3 is 15.4 Å². The number of hydrogen-bond acceptors (Lipinski definition) is 5. The standard InChI is InChI=1S/C11H17ClN4O2/c1-7(2)4-13-9(17)6-14-10-8(12)5-15-11(16-10)18-3/h5,7H,4,6H2,1-3H3,(H,13,17)(H,14,15,16). The van der Waals surface area contributed by atoms with Gasteiger partial charge >= 0.3 is 6.01 Å².